The lowest BCUT2D eigenvalue weighted by atomic mass is 9.91. The van der Waals surface area contributed by atoms with E-state index in [2.05, 4.69) is 91.8 Å². The zero-order valence-electron chi connectivity index (χ0n) is 27.0. The van der Waals surface area contributed by atoms with E-state index in [1.54, 1.807) is 0 Å². The van der Waals surface area contributed by atoms with Crippen LogP contribution < -0.4 is 0 Å². The molecule has 4 fully saturated rings. The molecule has 0 amide bonds. The van der Waals surface area contributed by atoms with Crippen LogP contribution in [0.2, 0.25) is 0 Å². The lowest BCUT2D eigenvalue weighted by Gasteiger charge is -2.55. The predicted molar refractivity (Wildman–Crippen MR) is 173 cm³/mol. The van der Waals surface area contributed by atoms with Gasteiger partial charge >= 0.3 is 0 Å². The van der Waals surface area contributed by atoms with Crippen LogP contribution in [0, 0.1) is 0 Å². The van der Waals surface area contributed by atoms with Gasteiger partial charge in [0.25, 0.3) is 0 Å². The fourth-order valence-corrected chi connectivity index (χ4v) is 16.5. The van der Waals surface area contributed by atoms with E-state index in [1.807, 2.05) is 0 Å². The number of aromatic nitrogens is 2. The molecule has 0 aliphatic carbocycles. The van der Waals surface area contributed by atoms with Gasteiger partial charge in [0, 0.05) is 49.4 Å². The number of pyridine rings is 2. The van der Waals surface area contributed by atoms with Crippen LogP contribution in [0.4, 0.5) is 0 Å². The molecule has 6 rings (SSSR count). The zero-order valence-corrected chi connectivity index (χ0v) is 28.7. The van der Waals surface area contributed by atoms with Crippen LogP contribution >= 0.6 is 15.8 Å². The van der Waals surface area contributed by atoms with Crippen LogP contribution in [0.1, 0.15) is 92.5 Å². The second kappa shape index (κ2) is 10.8. The molecule has 0 radical (unpaired) electrons. The largest absolute Gasteiger partial charge is 0.347 e. The number of rotatable bonds is 5. The molecular weight excluding hydrogens is 562 g/mol. The van der Waals surface area contributed by atoms with Crippen molar-refractivity contribution in [2.75, 3.05) is 26.4 Å². The summed E-state index contributed by atoms with van der Waals surface area (Å²) in [7, 11) is -0.730. The number of ether oxygens (including phenoxy) is 4. The van der Waals surface area contributed by atoms with E-state index in [1.165, 1.54) is 0 Å². The lowest BCUT2D eigenvalue weighted by Crippen LogP contribution is -2.50. The van der Waals surface area contributed by atoms with E-state index in [0.717, 1.165) is 60.8 Å². The molecule has 6 heterocycles. The molecule has 2 aromatic rings. The Morgan fingerprint density at radius 2 is 0.833 bits per heavy atom. The fourth-order valence-electron chi connectivity index (χ4n) is 8.78. The van der Waals surface area contributed by atoms with Crippen LogP contribution in [0.3, 0.4) is 0 Å². The van der Waals surface area contributed by atoms with Crippen molar-refractivity contribution in [3.05, 3.63) is 47.8 Å². The summed E-state index contributed by atoms with van der Waals surface area (Å²) in [6.07, 6.45) is 5.80. The third-order valence-electron chi connectivity index (χ3n) is 9.87. The van der Waals surface area contributed by atoms with Gasteiger partial charge in [0.1, 0.15) is 0 Å². The Morgan fingerprint density at radius 1 is 0.524 bits per heavy atom. The fraction of sp³-hybridized carbons (Fsp3) is 0.706. The van der Waals surface area contributed by atoms with Crippen molar-refractivity contribution < 1.29 is 18.9 Å². The highest BCUT2D eigenvalue weighted by molar-refractivity contribution is 7.60. The van der Waals surface area contributed by atoms with Gasteiger partial charge in [0.2, 0.25) is 0 Å². The van der Waals surface area contributed by atoms with E-state index in [9.17, 15) is 0 Å². The Kier molecular flexibility index (Phi) is 7.98. The van der Waals surface area contributed by atoms with Crippen LogP contribution in [-0.2, 0) is 31.3 Å². The van der Waals surface area contributed by atoms with Crippen LogP contribution in [0.5, 0.6) is 0 Å². The number of hydrogen-bond acceptors (Lipinski definition) is 6. The van der Waals surface area contributed by atoms with Gasteiger partial charge < -0.3 is 18.9 Å². The molecule has 42 heavy (non-hydrogen) atoms. The summed E-state index contributed by atoms with van der Waals surface area (Å²) in [5.74, 6) is -0.821. The maximum absolute atomic E-state index is 6.20. The molecule has 230 valence electrons. The van der Waals surface area contributed by atoms with Gasteiger partial charge in [-0.1, -0.05) is 83.4 Å². The highest BCUT2D eigenvalue weighted by atomic mass is 31.1. The minimum absolute atomic E-state index is 0.131. The van der Waals surface area contributed by atoms with Gasteiger partial charge in [-0.3, -0.25) is 9.97 Å². The van der Waals surface area contributed by atoms with Crippen molar-refractivity contribution in [2.45, 2.75) is 126 Å². The van der Waals surface area contributed by atoms with Crippen molar-refractivity contribution in [3.63, 3.8) is 0 Å². The molecule has 0 saturated carbocycles. The molecule has 0 N–H and O–H groups in total. The first-order valence-electron chi connectivity index (χ1n) is 15.7. The van der Waals surface area contributed by atoms with Crippen molar-refractivity contribution in [1.29, 1.82) is 0 Å². The second-order valence-corrected chi connectivity index (χ2v) is 22.6. The molecule has 4 aliphatic heterocycles. The van der Waals surface area contributed by atoms with Crippen molar-refractivity contribution >= 4 is 15.8 Å². The first kappa shape index (κ1) is 31.0. The molecule has 0 atom stereocenters. The van der Waals surface area contributed by atoms with Crippen LogP contribution in [-0.4, -0.2) is 68.6 Å². The van der Waals surface area contributed by atoms with Gasteiger partial charge in [-0.25, -0.2) is 0 Å². The quantitative estimate of drug-likeness (QED) is 0.317. The number of hydrogen-bond donors (Lipinski definition) is 0. The van der Waals surface area contributed by atoms with Crippen molar-refractivity contribution in [3.8, 4) is 11.4 Å². The maximum Gasteiger partial charge on any atom is 0.170 e. The summed E-state index contributed by atoms with van der Waals surface area (Å²) in [6.45, 7) is 22.1. The second-order valence-electron chi connectivity index (χ2n) is 15.4. The molecular formula is C34H50N2O4P2. The Labute approximate surface area is 255 Å². The third kappa shape index (κ3) is 5.99. The molecule has 4 aliphatic rings. The molecule has 0 unspecified atom stereocenters. The Balaban J connectivity index is 1.21. The van der Waals surface area contributed by atoms with E-state index < -0.39 is 11.6 Å². The molecule has 0 bridgehead atoms. The van der Waals surface area contributed by atoms with Crippen LogP contribution in [0.25, 0.3) is 11.4 Å². The highest BCUT2D eigenvalue weighted by Gasteiger charge is 2.57. The SMILES string of the molecule is CC1(C)CC2(CC(C)(C)P1Cc1cccc(-c3cccc(CP4C(C)(C)CC5(CC4(C)C)OCCO5)n3)n1)OCCO2. The molecule has 2 spiro atoms. The molecule has 0 aromatic carbocycles. The summed E-state index contributed by atoms with van der Waals surface area (Å²) < 4.78 is 24.8. The standard InChI is InChI=1S/C34H50N2O4P2/c1-29(2)21-33(37-15-16-38-33)22-30(3,4)41(29)19-25-11-9-13-27(35-25)28-14-10-12-26(36-28)20-42-31(5,6)23-34(24-32(42,7)8)39-17-18-40-34/h9-14H,15-24H2,1-8H3. The average molecular weight is 613 g/mol. The first-order chi connectivity index (χ1) is 19.6. The lowest BCUT2D eigenvalue weighted by molar-refractivity contribution is -0.179. The molecule has 2 aromatic heterocycles. The summed E-state index contributed by atoms with van der Waals surface area (Å²) in [4.78, 5) is 10.4. The Bertz CT molecular complexity index is 1160. The van der Waals surface area contributed by atoms with E-state index >= 15 is 0 Å². The van der Waals surface area contributed by atoms with E-state index in [4.69, 9.17) is 28.9 Å². The van der Waals surface area contributed by atoms with Gasteiger partial charge in [0.15, 0.2) is 11.6 Å². The summed E-state index contributed by atoms with van der Waals surface area (Å²) in [5, 5.41) is 0.525. The molecule has 8 heteroatoms. The van der Waals surface area contributed by atoms with E-state index in [-0.39, 0.29) is 36.5 Å². The smallest absolute Gasteiger partial charge is 0.170 e. The van der Waals surface area contributed by atoms with Crippen molar-refractivity contribution in [1.82, 2.24) is 9.97 Å². The van der Waals surface area contributed by atoms with Crippen LogP contribution in [0.15, 0.2) is 36.4 Å². The number of nitrogens with zero attached hydrogens (tertiary/aromatic N) is 2. The van der Waals surface area contributed by atoms with E-state index in [0.29, 0.717) is 26.4 Å². The topological polar surface area (TPSA) is 62.7 Å². The Morgan fingerprint density at radius 3 is 1.14 bits per heavy atom. The summed E-state index contributed by atoms with van der Waals surface area (Å²) in [5.41, 5.74) is 4.27. The predicted octanol–water partition coefficient (Wildman–Crippen LogP) is 8.30. The average Bonchev–Trinajstić information content (AvgIpc) is 3.52. The highest BCUT2D eigenvalue weighted by Crippen LogP contribution is 2.71. The van der Waals surface area contributed by atoms with Crippen molar-refractivity contribution in [2.24, 2.45) is 0 Å². The Hall–Kier alpha value is -1.00. The van der Waals surface area contributed by atoms with Gasteiger partial charge in [-0.15, -0.1) is 0 Å². The first-order valence-corrected chi connectivity index (χ1v) is 18.7. The normalized spacial score (nSPS) is 27.5. The molecule has 6 nitrogen and oxygen atoms in total. The van der Waals surface area contributed by atoms with Gasteiger partial charge in [-0.05, 0) is 44.9 Å². The third-order valence-corrected chi connectivity index (χ3v) is 17.6. The van der Waals surface area contributed by atoms with Gasteiger partial charge in [-0.2, -0.15) is 0 Å². The maximum atomic E-state index is 6.20. The zero-order chi connectivity index (χ0) is 30.0. The summed E-state index contributed by atoms with van der Waals surface area (Å²) in [6, 6.07) is 13.0. The monoisotopic (exact) mass is 612 g/mol. The van der Waals surface area contributed by atoms with Gasteiger partial charge in [0.05, 0.1) is 37.8 Å². The summed E-state index contributed by atoms with van der Waals surface area (Å²) >= 11 is 0. The minimum atomic E-state index is -0.411. The minimum Gasteiger partial charge on any atom is -0.347 e. The molecule has 4 saturated heterocycles.